The summed E-state index contributed by atoms with van der Waals surface area (Å²) in [5.74, 6) is 2.42. The molecule has 0 aliphatic carbocycles. The van der Waals surface area contributed by atoms with Crippen LogP contribution in [0.1, 0.15) is 20.3 Å². The molecule has 6 nitrogen and oxygen atoms in total. The molecule has 7 heteroatoms. The lowest BCUT2D eigenvalue weighted by molar-refractivity contribution is 0.0777. The zero-order valence-corrected chi connectivity index (χ0v) is 13.9. The van der Waals surface area contributed by atoms with Gasteiger partial charge in [-0.05, 0) is 32.4 Å². The number of methoxy groups -OCH3 is 2. The van der Waals surface area contributed by atoms with Crippen LogP contribution in [0.5, 0.6) is 11.5 Å². The number of hydrogen-bond acceptors (Lipinski definition) is 7. The van der Waals surface area contributed by atoms with Crippen LogP contribution >= 0.6 is 11.8 Å². The first-order chi connectivity index (χ1) is 10.4. The fourth-order valence-electron chi connectivity index (χ4n) is 1.70. The topological polar surface area (TPSA) is 77.6 Å². The van der Waals surface area contributed by atoms with Crippen LogP contribution in [0.4, 0.5) is 0 Å². The predicted octanol–water partition coefficient (Wildman–Crippen LogP) is 3.01. The van der Waals surface area contributed by atoms with Crippen LogP contribution in [0.2, 0.25) is 0 Å². The van der Waals surface area contributed by atoms with E-state index < -0.39 is 5.60 Å². The number of thioether (sulfide) groups is 1. The highest BCUT2D eigenvalue weighted by atomic mass is 32.2. The summed E-state index contributed by atoms with van der Waals surface area (Å²) in [7, 11) is 3.18. The van der Waals surface area contributed by atoms with Crippen molar-refractivity contribution in [2.24, 2.45) is 0 Å². The maximum absolute atomic E-state index is 9.69. The van der Waals surface area contributed by atoms with Crippen LogP contribution in [0, 0.1) is 0 Å². The van der Waals surface area contributed by atoms with E-state index in [1.807, 2.05) is 0 Å². The van der Waals surface area contributed by atoms with Gasteiger partial charge in [-0.2, -0.15) is 0 Å². The van der Waals surface area contributed by atoms with Crippen molar-refractivity contribution in [3.05, 3.63) is 18.2 Å². The molecule has 0 aliphatic rings. The van der Waals surface area contributed by atoms with Gasteiger partial charge in [-0.1, -0.05) is 11.8 Å². The van der Waals surface area contributed by atoms with Crippen LogP contribution in [0.3, 0.4) is 0 Å². The molecule has 0 saturated carbocycles. The Morgan fingerprint density at radius 1 is 1.14 bits per heavy atom. The van der Waals surface area contributed by atoms with E-state index in [0.29, 0.717) is 34.8 Å². The maximum atomic E-state index is 9.69. The van der Waals surface area contributed by atoms with Crippen molar-refractivity contribution >= 4 is 11.8 Å². The molecule has 0 unspecified atom stereocenters. The van der Waals surface area contributed by atoms with Gasteiger partial charge in [0.05, 0.1) is 19.8 Å². The first-order valence-corrected chi connectivity index (χ1v) is 7.82. The number of hydrogen-bond donors (Lipinski definition) is 1. The molecule has 0 spiro atoms. The zero-order valence-electron chi connectivity index (χ0n) is 13.1. The summed E-state index contributed by atoms with van der Waals surface area (Å²) in [5, 5.41) is 18.2. The van der Waals surface area contributed by atoms with Gasteiger partial charge in [-0.15, -0.1) is 10.2 Å². The molecule has 1 aromatic carbocycles. The van der Waals surface area contributed by atoms with Crippen molar-refractivity contribution in [2.75, 3.05) is 20.0 Å². The molecule has 22 heavy (non-hydrogen) atoms. The Bertz CT molecular complexity index is 600. The summed E-state index contributed by atoms with van der Waals surface area (Å²) in [4.78, 5) is 0. The van der Waals surface area contributed by atoms with E-state index >= 15 is 0 Å². The van der Waals surface area contributed by atoms with Crippen molar-refractivity contribution < 1.29 is 19.0 Å². The number of ether oxygens (including phenoxy) is 2. The molecule has 1 N–H and O–H groups in total. The highest BCUT2D eigenvalue weighted by Crippen LogP contribution is 2.30. The van der Waals surface area contributed by atoms with Crippen molar-refractivity contribution in [1.82, 2.24) is 10.2 Å². The lowest BCUT2D eigenvalue weighted by atomic mass is 10.1. The summed E-state index contributed by atoms with van der Waals surface area (Å²) in [6.07, 6.45) is 0.641. The Hall–Kier alpha value is -1.73. The largest absolute Gasteiger partial charge is 0.497 e. The van der Waals surface area contributed by atoms with E-state index in [0.717, 1.165) is 5.56 Å². The lowest BCUT2D eigenvalue weighted by Crippen LogP contribution is -2.18. The minimum atomic E-state index is -0.698. The molecule has 1 aromatic heterocycles. The fraction of sp³-hybridized carbons (Fsp3) is 0.467. The molecular formula is C15H20N2O4S. The van der Waals surface area contributed by atoms with Crippen LogP contribution < -0.4 is 9.47 Å². The highest BCUT2D eigenvalue weighted by molar-refractivity contribution is 7.99. The molecule has 2 rings (SSSR count). The second-order valence-corrected chi connectivity index (χ2v) is 6.43. The molecule has 120 valence electrons. The Labute approximate surface area is 133 Å². The van der Waals surface area contributed by atoms with Crippen molar-refractivity contribution in [3.8, 4) is 23.0 Å². The Morgan fingerprint density at radius 3 is 2.32 bits per heavy atom. The molecule has 0 atom stereocenters. The van der Waals surface area contributed by atoms with Gasteiger partial charge in [0.2, 0.25) is 5.89 Å². The number of benzene rings is 1. The normalized spacial score (nSPS) is 11.5. The molecule has 0 radical (unpaired) electrons. The summed E-state index contributed by atoms with van der Waals surface area (Å²) < 4.78 is 16.1. The fourth-order valence-corrected chi connectivity index (χ4v) is 2.72. The second kappa shape index (κ2) is 7.02. The monoisotopic (exact) mass is 324 g/mol. The first-order valence-electron chi connectivity index (χ1n) is 6.83. The van der Waals surface area contributed by atoms with Gasteiger partial charge in [0.1, 0.15) is 11.5 Å². The molecular weight excluding hydrogens is 304 g/mol. The molecule has 0 saturated heterocycles. The van der Waals surface area contributed by atoms with Gasteiger partial charge in [0, 0.05) is 17.4 Å². The van der Waals surface area contributed by atoms with Gasteiger partial charge in [-0.3, -0.25) is 0 Å². The van der Waals surface area contributed by atoms with Gasteiger partial charge < -0.3 is 19.0 Å². The molecule has 0 fully saturated rings. The van der Waals surface area contributed by atoms with Gasteiger partial charge >= 0.3 is 0 Å². The number of aliphatic hydroxyl groups is 1. The van der Waals surface area contributed by atoms with E-state index in [1.165, 1.54) is 11.8 Å². The minimum absolute atomic E-state index is 0.406. The molecule has 0 amide bonds. The Morgan fingerprint density at radius 2 is 1.77 bits per heavy atom. The van der Waals surface area contributed by atoms with Crippen molar-refractivity contribution in [2.45, 2.75) is 31.1 Å². The van der Waals surface area contributed by atoms with E-state index in [4.69, 9.17) is 13.9 Å². The summed E-state index contributed by atoms with van der Waals surface area (Å²) in [6, 6.07) is 5.39. The predicted molar refractivity (Wildman–Crippen MR) is 84.5 cm³/mol. The third-order valence-electron chi connectivity index (χ3n) is 2.94. The van der Waals surface area contributed by atoms with Crippen LogP contribution in [0.15, 0.2) is 27.8 Å². The van der Waals surface area contributed by atoms with Crippen molar-refractivity contribution in [1.29, 1.82) is 0 Å². The van der Waals surface area contributed by atoms with Crippen LogP contribution in [0.25, 0.3) is 11.5 Å². The van der Waals surface area contributed by atoms with E-state index in [1.54, 1.807) is 46.3 Å². The third-order valence-corrected chi connectivity index (χ3v) is 3.76. The van der Waals surface area contributed by atoms with E-state index in [-0.39, 0.29) is 0 Å². The Kier molecular flexibility index (Phi) is 5.31. The lowest BCUT2D eigenvalue weighted by Gasteiger charge is -2.15. The smallest absolute Gasteiger partial charge is 0.276 e. The molecule has 1 heterocycles. The standard InChI is InChI=1S/C15H20N2O4S/c1-15(2,18)5-6-22-14-17-16-13(21-14)10-7-11(19-3)9-12(8-10)20-4/h7-9,18H,5-6H2,1-4H3. The van der Waals surface area contributed by atoms with Crippen LogP contribution in [-0.4, -0.2) is 40.9 Å². The van der Waals surface area contributed by atoms with E-state index in [9.17, 15) is 5.11 Å². The maximum Gasteiger partial charge on any atom is 0.276 e. The first kappa shape index (κ1) is 16.6. The quantitative estimate of drug-likeness (QED) is 0.784. The van der Waals surface area contributed by atoms with Gasteiger partial charge in [-0.25, -0.2) is 0 Å². The average molecular weight is 324 g/mol. The minimum Gasteiger partial charge on any atom is -0.497 e. The highest BCUT2D eigenvalue weighted by Gasteiger charge is 2.15. The van der Waals surface area contributed by atoms with Gasteiger partial charge in [0.25, 0.3) is 5.22 Å². The second-order valence-electron chi connectivity index (χ2n) is 5.39. The Balaban J connectivity index is 2.11. The molecule has 0 bridgehead atoms. The van der Waals surface area contributed by atoms with Crippen LogP contribution in [-0.2, 0) is 0 Å². The summed E-state index contributed by atoms with van der Waals surface area (Å²) in [5.41, 5.74) is 0.0359. The summed E-state index contributed by atoms with van der Waals surface area (Å²) in [6.45, 7) is 3.55. The summed E-state index contributed by atoms with van der Waals surface area (Å²) >= 11 is 1.42. The SMILES string of the molecule is COc1cc(OC)cc(-c2nnc(SCCC(C)(C)O)o2)c1. The molecule has 2 aromatic rings. The number of aromatic nitrogens is 2. The average Bonchev–Trinajstić information content (AvgIpc) is 2.94. The third kappa shape index (κ3) is 4.64. The van der Waals surface area contributed by atoms with E-state index in [2.05, 4.69) is 10.2 Å². The number of rotatable bonds is 7. The van der Waals surface area contributed by atoms with Gasteiger partial charge in [0.15, 0.2) is 0 Å². The molecule has 0 aliphatic heterocycles. The zero-order chi connectivity index (χ0) is 16.2. The van der Waals surface area contributed by atoms with Crippen molar-refractivity contribution in [3.63, 3.8) is 0 Å². The number of nitrogens with zero attached hydrogens (tertiary/aromatic N) is 2.